The molecule has 0 unspecified atom stereocenters. The molecule has 2 N–H and O–H groups in total. The molecule has 20 heavy (non-hydrogen) atoms. The third-order valence-electron chi connectivity index (χ3n) is 2.81. The first kappa shape index (κ1) is 17.3. The molecule has 0 fully saturated rings. The lowest BCUT2D eigenvalue weighted by Gasteiger charge is -2.14. The van der Waals surface area contributed by atoms with Gasteiger partial charge in [-0.15, -0.1) is 0 Å². The van der Waals surface area contributed by atoms with Gasteiger partial charge in [0, 0.05) is 12.3 Å². The minimum Gasteiger partial charge on any atom is -0.493 e. The largest absolute Gasteiger partial charge is 0.493 e. The molecule has 0 saturated heterocycles. The number of hydrogen-bond acceptors (Lipinski definition) is 5. The number of methoxy groups -OCH3 is 1. The predicted octanol–water partition coefficient (Wildman–Crippen LogP) is 2.12. The van der Waals surface area contributed by atoms with E-state index in [0.29, 0.717) is 31.1 Å². The van der Waals surface area contributed by atoms with Crippen LogP contribution in [0.1, 0.15) is 18.9 Å². The van der Waals surface area contributed by atoms with Crippen molar-refractivity contribution in [3.63, 3.8) is 0 Å². The topological polar surface area (TPSA) is 78.6 Å². The highest BCUT2D eigenvalue weighted by atomic mass is 79.9. The van der Waals surface area contributed by atoms with Crippen LogP contribution in [0.15, 0.2) is 16.6 Å². The van der Waals surface area contributed by atoms with Crippen LogP contribution in [0.2, 0.25) is 0 Å². The van der Waals surface area contributed by atoms with Gasteiger partial charge >= 0.3 is 0 Å². The van der Waals surface area contributed by atoms with Gasteiger partial charge in [0.15, 0.2) is 11.5 Å². The van der Waals surface area contributed by atoms with Crippen molar-refractivity contribution in [2.45, 2.75) is 19.9 Å². The van der Waals surface area contributed by atoms with Crippen LogP contribution in [0.5, 0.6) is 11.5 Å². The smallest absolute Gasteiger partial charge is 0.175 e. The zero-order valence-corrected chi connectivity index (χ0v) is 14.1. The van der Waals surface area contributed by atoms with Gasteiger partial charge in [0.1, 0.15) is 9.84 Å². The minimum atomic E-state index is -2.95. The summed E-state index contributed by atoms with van der Waals surface area (Å²) < 4.78 is 34.4. The molecule has 0 aliphatic heterocycles. The standard InChI is InChI=1S/C13H20BrNO4S/c1-3-20(16,17)6-4-5-19-13-11(14)7-10(9-15)8-12(13)18-2/h7-8H,3-6,9,15H2,1-2H3. The zero-order chi connectivity index (χ0) is 15.2. The van der Waals surface area contributed by atoms with E-state index in [1.165, 1.54) is 0 Å². The van der Waals surface area contributed by atoms with Crippen LogP contribution in [-0.2, 0) is 16.4 Å². The van der Waals surface area contributed by atoms with E-state index in [4.69, 9.17) is 15.2 Å². The molecule has 0 heterocycles. The summed E-state index contributed by atoms with van der Waals surface area (Å²) >= 11 is 3.41. The van der Waals surface area contributed by atoms with Gasteiger partial charge in [0.05, 0.1) is 23.9 Å². The second kappa shape index (κ2) is 7.85. The van der Waals surface area contributed by atoms with Crippen LogP contribution in [-0.4, -0.2) is 33.6 Å². The Hall–Kier alpha value is -0.790. The zero-order valence-electron chi connectivity index (χ0n) is 11.7. The Morgan fingerprint density at radius 3 is 2.60 bits per heavy atom. The fourth-order valence-electron chi connectivity index (χ4n) is 1.63. The van der Waals surface area contributed by atoms with Crippen molar-refractivity contribution in [2.75, 3.05) is 25.2 Å². The molecule has 0 aliphatic carbocycles. The molecule has 0 saturated carbocycles. The Balaban J connectivity index is 2.68. The first-order valence-electron chi connectivity index (χ1n) is 6.33. The number of ether oxygens (including phenoxy) is 2. The van der Waals surface area contributed by atoms with Gasteiger partial charge < -0.3 is 15.2 Å². The fraction of sp³-hybridized carbons (Fsp3) is 0.538. The molecule has 1 aromatic carbocycles. The van der Waals surface area contributed by atoms with Crippen LogP contribution in [0.25, 0.3) is 0 Å². The lowest BCUT2D eigenvalue weighted by Crippen LogP contribution is -2.12. The number of hydrogen-bond donors (Lipinski definition) is 1. The van der Waals surface area contributed by atoms with Crippen LogP contribution < -0.4 is 15.2 Å². The molecule has 1 aromatic rings. The third-order valence-corrected chi connectivity index (χ3v) is 5.19. The summed E-state index contributed by atoms with van der Waals surface area (Å²) in [5.41, 5.74) is 6.52. The van der Waals surface area contributed by atoms with Gasteiger partial charge in [-0.25, -0.2) is 8.42 Å². The summed E-state index contributed by atoms with van der Waals surface area (Å²) in [7, 11) is -1.40. The van der Waals surface area contributed by atoms with Gasteiger partial charge in [0.25, 0.3) is 0 Å². The van der Waals surface area contributed by atoms with Crippen LogP contribution in [0.4, 0.5) is 0 Å². The second-order valence-electron chi connectivity index (χ2n) is 4.25. The van der Waals surface area contributed by atoms with E-state index in [9.17, 15) is 8.42 Å². The molecule has 0 amide bonds. The summed E-state index contributed by atoms with van der Waals surface area (Å²) in [6.45, 7) is 2.36. The molecule has 0 atom stereocenters. The highest BCUT2D eigenvalue weighted by Crippen LogP contribution is 2.36. The monoisotopic (exact) mass is 365 g/mol. The number of nitrogens with two attached hydrogens (primary N) is 1. The lowest BCUT2D eigenvalue weighted by atomic mass is 10.2. The molecule has 0 spiro atoms. The maximum absolute atomic E-state index is 11.4. The van der Waals surface area contributed by atoms with Crippen molar-refractivity contribution >= 4 is 25.8 Å². The summed E-state index contributed by atoms with van der Waals surface area (Å²) in [5, 5.41) is 0. The van der Waals surface area contributed by atoms with Crippen molar-refractivity contribution in [3.05, 3.63) is 22.2 Å². The molecule has 5 nitrogen and oxygen atoms in total. The molecule has 0 aromatic heterocycles. The van der Waals surface area contributed by atoms with Gasteiger partial charge in [-0.3, -0.25) is 0 Å². The molecular formula is C13H20BrNO4S. The van der Waals surface area contributed by atoms with Crippen LogP contribution in [0.3, 0.4) is 0 Å². The van der Waals surface area contributed by atoms with Gasteiger partial charge in [0.2, 0.25) is 0 Å². The maximum Gasteiger partial charge on any atom is 0.175 e. The highest BCUT2D eigenvalue weighted by Gasteiger charge is 2.12. The van der Waals surface area contributed by atoms with E-state index in [2.05, 4.69) is 15.9 Å². The first-order chi connectivity index (χ1) is 9.43. The third kappa shape index (κ3) is 4.96. The minimum absolute atomic E-state index is 0.129. The van der Waals surface area contributed by atoms with Gasteiger partial charge in [-0.2, -0.15) is 0 Å². The number of sulfone groups is 1. The molecule has 114 valence electrons. The van der Waals surface area contributed by atoms with E-state index in [1.807, 2.05) is 12.1 Å². The second-order valence-corrected chi connectivity index (χ2v) is 7.58. The number of benzene rings is 1. The van der Waals surface area contributed by atoms with Crippen molar-refractivity contribution < 1.29 is 17.9 Å². The predicted molar refractivity (Wildman–Crippen MR) is 83.0 cm³/mol. The molecule has 0 aliphatic rings. The molecular weight excluding hydrogens is 346 g/mol. The molecule has 7 heteroatoms. The molecule has 0 bridgehead atoms. The van der Waals surface area contributed by atoms with E-state index < -0.39 is 9.84 Å². The number of rotatable bonds is 8. The Labute approximate surface area is 128 Å². The maximum atomic E-state index is 11.4. The van der Waals surface area contributed by atoms with E-state index in [1.54, 1.807) is 14.0 Å². The Kier molecular flexibility index (Phi) is 6.78. The van der Waals surface area contributed by atoms with Crippen molar-refractivity contribution in [1.29, 1.82) is 0 Å². The average molecular weight is 366 g/mol. The van der Waals surface area contributed by atoms with Crippen molar-refractivity contribution in [3.8, 4) is 11.5 Å². The van der Waals surface area contributed by atoms with Crippen LogP contribution >= 0.6 is 15.9 Å². The van der Waals surface area contributed by atoms with Gasteiger partial charge in [-0.05, 0) is 40.0 Å². The van der Waals surface area contributed by atoms with Crippen LogP contribution in [0, 0.1) is 0 Å². The SMILES string of the molecule is CCS(=O)(=O)CCCOc1c(Br)cc(CN)cc1OC. The van der Waals surface area contributed by atoms with E-state index in [-0.39, 0.29) is 11.5 Å². The lowest BCUT2D eigenvalue weighted by molar-refractivity contribution is 0.292. The first-order valence-corrected chi connectivity index (χ1v) is 8.94. The van der Waals surface area contributed by atoms with Crippen molar-refractivity contribution in [1.82, 2.24) is 0 Å². The fourth-order valence-corrected chi connectivity index (χ4v) is 3.08. The quantitative estimate of drug-likeness (QED) is 0.713. The molecule has 0 radical (unpaired) electrons. The Morgan fingerprint density at radius 1 is 1.35 bits per heavy atom. The van der Waals surface area contributed by atoms with E-state index in [0.717, 1.165) is 10.0 Å². The highest BCUT2D eigenvalue weighted by molar-refractivity contribution is 9.10. The summed E-state index contributed by atoms with van der Waals surface area (Å²) in [6.07, 6.45) is 0.449. The average Bonchev–Trinajstić information content (AvgIpc) is 2.44. The Bertz CT molecular complexity index is 546. The van der Waals surface area contributed by atoms with Gasteiger partial charge in [-0.1, -0.05) is 6.92 Å². The summed E-state index contributed by atoms with van der Waals surface area (Å²) in [5.74, 6) is 1.44. The summed E-state index contributed by atoms with van der Waals surface area (Å²) in [6, 6.07) is 3.67. The normalized spacial score (nSPS) is 11.4. The number of halogens is 1. The molecule has 1 rings (SSSR count). The van der Waals surface area contributed by atoms with E-state index >= 15 is 0 Å². The Morgan fingerprint density at radius 2 is 2.05 bits per heavy atom. The summed E-state index contributed by atoms with van der Waals surface area (Å²) in [4.78, 5) is 0. The van der Waals surface area contributed by atoms with Crippen molar-refractivity contribution in [2.24, 2.45) is 5.73 Å².